The van der Waals surface area contributed by atoms with Crippen molar-refractivity contribution in [2.24, 2.45) is 11.7 Å². The van der Waals surface area contributed by atoms with E-state index in [0.717, 1.165) is 25.1 Å². The Labute approximate surface area is 117 Å². The second kappa shape index (κ2) is 5.66. The van der Waals surface area contributed by atoms with Crippen LogP contribution < -0.4 is 5.73 Å². The van der Waals surface area contributed by atoms with E-state index in [1.165, 1.54) is 0 Å². The van der Waals surface area contributed by atoms with Crippen molar-refractivity contribution < 1.29 is 5.11 Å². The molecule has 1 aromatic rings. The third kappa shape index (κ3) is 3.29. The molecule has 2 unspecified atom stereocenters. The maximum Gasteiger partial charge on any atom is 0.138 e. The van der Waals surface area contributed by atoms with Crippen molar-refractivity contribution >= 4 is 23.2 Å². The highest BCUT2D eigenvalue weighted by molar-refractivity contribution is 6.35. The zero-order valence-corrected chi connectivity index (χ0v) is 11.9. The van der Waals surface area contributed by atoms with Gasteiger partial charge in [0.25, 0.3) is 0 Å². The van der Waals surface area contributed by atoms with E-state index in [1.807, 2.05) is 0 Å². The SMILES string of the molecule is CC1CC(N)CN(Cc2cc(Cl)cc(Cl)c2O)C1. The van der Waals surface area contributed by atoms with Crippen molar-refractivity contribution in [3.63, 3.8) is 0 Å². The van der Waals surface area contributed by atoms with Crippen LogP contribution in [0.25, 0.3) is 0 Å². The van der Waals surface area contributed by atoms with Gasteiger partial charge in [0.2, 0.25) is 0 Å². The summed E-state index contributed by atoms with van der Waals surface area (Å²) in [6.07, 6.45) is 1.05. The molecule has 100 valence electrons. The summed E-state index contributed by atoms with van der Waals surface area (Å²) in [5.74, 6) is 0.693. The van der Waals surface area contributed by atoms with E-state index in [0.29, 0.717) is 22.5 Å². The van der Waals surface area contributed by atoms with Gasteiger partial charge in [-0.25, -0.2) is 0 Å². The first-order valence-electron chi connectivity index (χ1n) is 6.10. The van der Waals surface area contributed by atoms with Gasteiger partial charge in [0.1, 0.15) is 5.75 Å². The first kappa shape index (κ1) is 13.9. The molecule has 2 atom stereocenters. The molecule has 1 heterocycles. The molecule has 3 nitrogen and oxygen atoms in total. The maximum absolute atomic E-state index is 9.94. The molecule has 1 fully saturated rings. The molecule has 1 saturated heterocycles. The van der Waals surface area contributed by atoms with Gasteiger partial charge in [-0.3, -0.25) is 4.90 Å². The highest BCUT2D eigenvalue weighted by Gasteiger charge is 2.23. The molecule has 0 spiro atoms. The van der Waals surface area contributed by atoms with Crippen molar-refractivity contribution in [3.05, 3.63) is 27.7 Å². The lowest BCUT2D eigenvalue weighted by molar-refractivity contribution is 0.157. The van der Waals surface area contributed by atoms with Crippen LogP contribution in [0.1, 0.15) is 18.9 Å². The van der Waals surface area contributed by atoms with Crippen molar-refractivity contribution in [1.82, 2.24) is 4.90 Å². The van der Waals surface area contributed by atoms with Crippen LogP contribution in [0.3, 0.4) is 0 Å². The standard InChI is InChI=1S/C13H18Cl2N2O/c1-8-2-11(16)7-17(5-8)6-9-3-10(14)4-12(15)13(9)18/h3-4,8,11,18H,2,5-7,16H2,1H3. The van der Waals surface area contributed by atoms with E-state index >= 15 is 0 Å². The van der Waals surface area contributed by atoms with Crippen LogP contribution in [0.2, 0.25) is 10.0 Å². The van der Waals surface area contributed by atoms with Gasteiger partial charge in [-0.1, -0.05) is 30.1 Å². The molecule has 1 aliphatic rings. The molecule has 3 N–H and O–H groups in total. The fraction of sp³-hybridized carbons (Fsp3) is 0.538. The Bertz CT molecular complexity index is 429. The normalized spacial score (nSPS) is 25.3. The summed E-state index contributed by atoms with van der Waals surface area (Å²) >= 11 is 11.9. The lowest BCUT2D eigenvalue weighted by atomic mass is 9.96. The Morgan fingerprint density at radius 2 is 2.11 bits per heavy atom. The fourth-order valence-electron chi connectivity index (χ4n) is 2.62. The minimum absolute atomic E-state index is 0.118. The highest BCUT2D eigenvalue weighted by Crippen LogP contribution is 2.32. The molecular formula is C13H18Cl2N2O. The summed E-state index contributed by atoms with van der Waals surface area (Å²) in [5.41, 5.74) is 6.77. The summed E-state index contributed by atoms with van der Waals surface area (Å²) in [4.78, 5) is 2.24. The van der Waals surface area contributed by atoms with Crippen molar-refractivity contribution in [3.8, 4) is 5.75 Å². The van der Waals surface area contributed by atoms with E-state index in [-0.39, 0.29) is 11.8 Å². The lowest BCUT2D eigenvalue weighted by Crippen LogP contribution is -2.45. The Hall–Kier alpha value is -0.480. The van der Waals surface area contributed by atoms with Crippen molar-refractivity contribution in [1.29, 1.82) is 0 Å². The molecule has 0 saturated carbocycles. The van der Waals surface area contributed by atoms with E-state index in [9.17, 15) is 5.11 Å². The molecular weight excluding hydrogens is 271 g/mol. The molecule has 0 bridgehead atoms. The second-order valence-corrected chi connectivity index (χ2v) is 6.03. The van der Waals surface area contributed by atoms with Gasteiger partial charge < -0.3 is 10.8 Å². The van der Waals surface area contributed by atoms with Gasteiger partial charge in [-0.05, 0) is 24.5 Å². The second-order valence-electron chi connectivity index (χ2n) is 5.19. The molecule has 5 heteroatoms. The number of hydrogen-bond acceptors (Lipinski definition) is 3. The van der Waals surface area contributed by atoms with Crippen molar-refractivity contribution in [2.75, 3.05) is 13.1 Å². The number of halogens is 2. The van der Waals surface area contributed by atoms with Gasteiger partial charge in [-0.2, -0.15) is 0 Å². The van der Waals surface area contributed by atoms with Gasteiger partial charge in [-0.15, -0.1) is 0 Å². The number of aromatic hydroxyl groups is 1. The molecule has 18 heavy (non-hydrogen) atoms. The number of nitrogens with two attached hydrogens (primary N) is 1. The van der Waals surface area contributed by atoms with E-state index < -0.39 is 0 Å². The molecule has 0 aromatic heterocycles. The van der Waals surface area contributed by atoms with Crippen LogP contribution in [0.15, 0.2) is 12.1 Å². The molecule has 2 rings (SSSR count). The van der Waals surface area contributed by atoms with Crippen LogP contribution in [0.5, 0.6) is 5.75 Å². The van der Waals surface area contributed by atoms with E-state index in [4.69, 9.17) is 28.9 Å². The quantitative estimate of drug-likeness (QED) is 0.880. The third-order valence-electron chi connectivity index (χ3n) is 3.27. The van der Waals surface area contributed by atoms with Gasteiger partial charge >= 0.3 is 0 Å². The first-order valence-corrected chi connectivity index (χ1v) is 6.86. The molecule has 0 aliphatic carbocycles. The number of phenolic OH excluding ortho intramolecular Hbond substituents is 1. The topological polar surface area (TPSA) is 49.5 Å². The Morgan fingerprint density at radius 3 is 2.78 bits per heavy atom. The molecule has 1 aliphatic heterocycles. The van der Waals surface area contributed by atoms with Crippen LogP contribution in [-0.2, 0) is 6.54 Å². The number of benzene rings is 1. The molecule has 0 radical (unpaired) electrons. The van der Waals surface area contributed by atoms with E-state index in [1.54, 1.807) is 12.1 Å². The predicted molar refractivity (Wildman–Crippen MR) is 75.2 cm³/mol. The Balaban J connectivity index is 2.14. The zero-order chi connectivity index (χ0) is 13.3. The monoisotopic (exact) mass is 288 g/mol. The number of likely N-dealkylation sites (tertiary alicyclic amines) is 1. The van der Waals surface area contributed by atoms with Crippen LogP contribution >= 0.6 is 23.2 Å². The Kier molecular flexibility index (Phi) is 4.38. The molecule has 0 amide bonds. The van der Waals surface area contributed by atoms with E-state index in [2.05, 4.69) is 11.8 Å². The predicted octanol–water partition coefficient (Wildman–Crippen LogP) is 2.87. The Morgan fingerprint density at radius 1 is 1.39 bits per heavy atom. The minimum Gasteiger partial charge on any atom is -0.506 e. The largest absolute Gasteiger partial charge is 0.506 e. The maximum atomic E-state index is 9.94. The van der Waals surface area contributed by atoms with Crippen LogP contribution in [-0.4, -0.2) is 29.1 Å². The summed E-state index contributed by atoms with van der Waals surface area (Å²) in [6, 6.07) is 3.51. The molecule has 1 aromatic carbocycles. The van der Waals surface area contributed by atoms with Gasteiger partial charge in [0.05, 0.1) is 5.02 Å². The zero-order valence-electron chi connectivity index (χ0n) is 10.4. The number of nitrogens with zero attached hydrogens (tertiary/aromatic N) is 1. The summed E-state index contributed by atoms with van der Waals surface area (Å²) in [7, 11) is 0. The van der Waals surface area contributed by atoms with Crippen LogP contribution in [0.4, 0.5) is 0 Å². The lowest BCUT2D eigenvalue weighted by Gasteiger charge is -2.34. The van der Waals surface area contributed by atoms with Crippen LogP contribution in [0, 0.1) is 5.92 Å². The smallest absolute Gasteiger partial charge is 0.138 e. The fourth-order valence-corrected chi connectivity index (χ4v) is 3.16. The number of hydrogen-bond donors (Lipinski definition) is 2. The average Bonchev–Trinajstić information content (AvgIpc) is 2.23. The minimum atomic E-state index is 0.118. The van der Waals surface area contributed by atoms with Crippen molar-refractivity contribution in [2.45, 2.75) is 25.9 Å². The summed E-state index contributed by atoms with van der Waals surface area (Å²) in [6.45, 7) is 4.65. The van der Waals surface area contributed by atoms with Gasteiger partial charge in [0, 0.05) is 36.3 Å². The number of rotatable bonds is 2. The number of phenols is 1. The highest BCUT2D eigenvalue weighted by atomic mass is 35.5. The summed E-state index contributed by atoms with van der Waals surface area (Å²) in [5, 5.41) is 10.8. The summed E-state index contributed by atoms with van der Waals surface area (Å²) < 4.78 is 0. The average molecular weight is 289 g/mol. The number of piperidine rings is 1. The third-order valence-corrected chi connectivity index (χ3v) is 3.78. The van der Waals surface area contributed by atoms with Gasteiger partial charge in [0.15, 0.2) is 0 Å². The first-order chi connectivity index (χ1) is 8.45.